The Morgan fingerprint density at radius 1 is 1.11 bits per heavy atom. The van der Waals surface area contributed by atoms with Crippen LogP contribution < -0.4 is 4.90 Å². The van der Waals surface area contributed by atoms with Gasteiger partial charge in [0.25, 0.3) is 0 Å². The summed E-state index contributed by atoms with van der Waals surface area (Å²) in [6.45, 7) is 7.80. The summed E-state index contributed by atoms with van der Waals surface area (Å²) in [5.41, 5.74) is 4.22. The molecule has 1 aromatic carbocycles. The number of likely N-dealkylation sites (N-methyl/N-ethyl adjacent to an activating group) is 1. The zero-order valence-corrected chi connectivity index (χ0v) is 12.1. The number of rotatable bonds is 3. The SMILES string of the molecule is Cc1ccc(CN(C)C)c(N2CCN(C)CC2)c1. The van der Waals surface area contributed by atoms with E-state index in [1.807, 2.05) is 0 Å². The highest BCUT2D eigenvalue weighted by Gasteiger charge is 2.17. The predicted molar refractivity (Wildman–Crippen MR) is 78.3 cm³/mol. The van der Waals surface area contributed by atoms with Crippen molar-refractivity contribution in [3.63, 3.8) is 0 Å². The second-order valence-electron chi connectivity index (χ2n) is 5.66. The van der Waals surface area contributed by atoms with Gasteiger partial charge in [0.15, 0.2) is 0 Å². The zero-order chi connectivity index (χ0) is 13.1. The molecular weight excluding hydrogens is 222 g/mol. The van der Waals surface area contributed by atoms with E-state index in [4.69, 9.17) is 0 Å². The fourth-order valence-electron chi connectivity index (χ4n) is 2.49. The number of piperazine rings is 1. The second-order valence-corrected chi connectivity index (χ2v) is 5.66. The summed E-state index contributed by atoms with van der Waals surface area (Å²) in [6.07, 6.45) is 0. The van der Waals surface area contributed by atoms with Gasteiger partial charge in [-0.2, -0.15) is 0 Å². The van der Waals surface area contributed by atoms with E-state index >= 15 is 0 Å². The first kappa shape index (κ1) is 13.4. The predicted octanol–water partition coefficient (Wildman–Crippen LogP) is 1.81. The summed E-state index contributed by atoms with van der Waals surface area (Å²) in [5.74, 6) is 0. The van der Waals surface area contributed by atoms with Crippen LogP contribution in [0.4, 0.5) is 5.69 Å². The van der Waals surface area contributed by atoms with Gasteiger partial charge in [-0.1, -0.05) is 12.1 Å². The lowest BCUT2D eigenvalue weighted by Crippen LogP contribution is -2.45. The molecule has 100 valence electrons. The lowest BCUT2D eigenvalue weighted by molar-refractivity contribution is 0.312. The Morgan fingerprint density at radius 2 is 1.78 bits per heavy atom. The second kappa shape index (κ2) is 5.72. The van der Waals surface area contributed by atoms with Crippen molar-refractivity contribution >= 4 is 5.69 Å². The van der Waals surface area contributed by atoms with Gasteiger partial charge in [0.05, 0.1) is 0 Å². The van der Waals surface area contributed by atoms with Crippen molar-refractivity contribution in [3.8, 4) is 0 Å². The summed E-state index contributed by atoms with van der Waals surface area (Å²) in [4.78, 5) is 7.17. The maximum Gasteiger partial charge on any atom is 0.0415 e. The van der Waals surface area contributed by atoms with Crippen LogP contribution in [0.5, 0.6) is 0 Å². The molecule has 0 saturated carbocycles. The Labute approximate surface area is 111 Å². The van der Waals surface area contributed by atoms with Gasteiger partial charge in [0.2, 0.25) is 0 Å². The quantitative estimate of drug-likeness (QED) is 0.806. The minimum Gasteiger partial charge on any atom is -0.369 e. The Bertz CT molecular complexity index is 393. The van der Waals surface area contributed by atoms with E-state index < -0.39 is 0 Å². The van der Waals surface area contributed by atoms with Crippen LogP contribution in [0, 0.1) is 6.92 Å². The standard InChI is InChI=1S/C15H25N3/c1-13-5-6-14(12-16(2)3)15(11-13)18-9-7-17(4)8-10-18/h5-6,11H,7-10,12H2,1-4H3. The van der Waals surface area contributed by atoms with Gasteiger partial charge in [0, 0.05) is 38.4 Å². The molecule has 0 N–H and O–H groups in total. The molecule has 1 aliphatic heterocycles. The lowest BCUT2D eigenvalue weighted by Gasteiger charge is -2.35. The Morgan fingerprint density at radius 3 is 2.39 bits per heavy atom. The highest BCUT2D eigenvalue weighted by Crippen LogP contribution is 2.24. The Balaban J connectivity index is 2.21. The molecule has 1 aromatic rings. The highest BCUT2D eigenvalue weighted by molar-refractivity contribution is 5.56. The van der Waals surface area contributed by atoms with Gasteiger partial charge >= 0.3 is 0 Å². The molecule has 0 amide bonds. The van der Waals surface area contributed by atoms with Gasteiger partial charge in [0.1, 0.15) is 0 Å². The molecule has 1 fully saturated rings. The van der Waals surface area contributed by atoms with E-state index in [-0.39, 0.29) is 0 Å². The third-order valence-electron chi connectivity index (χ3n) is 3.57. The average Bonchev–Trinajstić information content (AvgIpc) is 2.32. The smallest absolute Gasteiger partial charge is 0.0415 e. The lowest BCUT2D eigenvalue weighted by atomic mass is 10.1. The monoisotopic (exact) mass is 247 g/mol. The van der Waals surface area contributed by atoms with Crippen molar-refractivity contribution in [2.24, 2.45) is 0 Å². The zero-order valence-electron chi connectivity index (χ0n) is 12.1. The van der Waals surface area contributed by atoms with E-state index in [1.54, 1.807) is 0 Å². The summed E-state index contributed by atoms with van der Waals surface area (Å²) in [5, 5.41) is 0. The fourth-order valence-corrected chi connectivity index (χ4v) is 2.49. The van der Waals surface area contributed by atoms with Crippen molar-refractivity contribution in [2.75, 3.05) is 52.2 Å². The third kappa shape index (κ3) is 3.24. The molecule has 0 aromatic heterocycles. The summed E-state index contributed by atoms with van der Waals surface area (Å²) in [7, 11) is 6.47. The molecule has 0 unspecified atom stereocenters. The Hall–Kier alpha value is -1.06. The largest absolute Gasteiger partial charge is 0.369 e. The normalized spacial score (nSPS) is 17.5. The molecular formula is C15H25N3. The molecule has 0 aliphatic carbocycles. The van der Waals surface area contributed by atoms with Crippen LogP contribution in [0.1, 0.15) is 11.1 Å². The number of hydrogen-bond donors (Lipinski definition) is 0. The molecule has 1 saturated heterocycles. The van der Waals surface area contributed by atoms with Crippen molar-refractivity contribution in [3.05, 3.63) is 29.3 Å². The maximum atomic E-state index is 2.53. The van der Waals surface area contributed by atoms with Crippen LogP contribution in [0.15, 0.2) is 18.2 Å². The van der Waals surface area contributed by atoms with Gasteiger partial charge in [-0.25, -0.2) is 0 Å². The third-order valence-corrected chi connectivity index (χ3v) is 3.57. The van der Waals surface area contributed by atoms with Crippen molar-refractivity contribution < 1.29 is 0 Å². The first-order valence-electron chi connectivity index (χ1n) is 6.74. The number of hydrogen-bond acceptors (Lipinski definition) is 3. The topological polar surface area (TPSA) is 9.72 Å². The highest BCUT2D eigenvalue weighted by atomic mass is 15.2. The minimum atomic E-state index is 1.02. The maximum absolute atomic E-state index is 2.53. The number of nitrogens with zero attached hydrogens (tertiary/aromatic N) is 3. The van der Waals surface area contributed by atoms with Gasteiger partial charge in [-0.3, -0.25) is 0 Å². The molecule has 1 heterocycles. The van der Waals surface area contributed by atoms with Crippen molar-refractivity contribution in [2.45, 2.75) is 13.5 Å². The molecule has 3 heteroatoms. The summed E-state index contributed by atoms with van der Waals surface area (Å²) in [6, 6.07) is 6.84. The number of benzene rings is 1. The molecule has 1 aliphatic rings. The van der Waals surface area contributed by atoms with Gasteiger partial charge < -0.3 is 14.7 Å². The van der Waals surface area contributed by atoms with E-state index in [0.717, 1.165) is 32.7 Å². The van der Waals surface area contributed by atoms with E-state index in [1.165, 1.54) is 16.8 Å². The molecule has 2 rings (SSSR count). The average molecular weight is 247 g/mol. The van der Waals surface area contributed by atoms with Gasteiger partial charge in [-0.15, -0.1) is 0 Å². The molecule has 0 spiro atoms. The molecule has 18 heavy (non-hydrogen) atoms. The van der Waals surface area contributed by atoms with Crippen LogP contribution in [0.25, 0.3) is 0 Å². The summed E-state index contributed by atoms with van der Waals surface area (Å²) >= 11 is 0. The molecule has 0 bridgehead atoms. The number of anilines is 1. The van der Waals surface area contributed by atoms with E-state index in [2.05, 4.69) is 61.0 Å². The molecule has 0 radical (unpaired) electrons. The molecule has 3 nitrogen and oxygen atoms in total. The van der Waals surface area contributed by atoms with Crippen LogP contribution in [-0.4, -0.2) is 57.1 Å². The van der Waals surface area contributed by atoms with Crippen molar-refractivity contribution in [1.82, 2.24) is 9.80 Å². The van der Waals surface area contributed by atoms with Gasteiger partial charge in [-0.05, 0) is 45.3 Å². The minimum absolute atomic E-state index is 1.02. The van der Waals surface area contributed by atoms with Crippen LogP contribution in [-0.2, 0) is 6.54 Å². The fraction of sp³-hybridized carbons (Fsp3) is 0.600. The molecule has 0 atom stereocenters. The first-order valence-corrected chi connectivity index (χ1v) is 6.74. The van der Waals surface area contributed by atoms with Crippen LogP contribution in [0.3, 0.4) is 0 Å². The van der Waals surface area contributed by atoms with E-state index in [0.29, 0.717) is 0 Å². The van der Waals surface area contributed by atoms with Crippen LogP contribution >= 0.6 is 0 Å². The van der Waals surface area contributed by atoms with Crippen LogP contribution in [0.2, 0.25) is 0 Å². The van der Waals surface area contributed by atoms with Crippen molar-refractivity contribution in [1.29, 1.82) is 0 Å². The summed E-state index contributed by atoms with van der Waals surface area (Å²) < 4.78 is 0. The van der Waals surface area contributed by atoms with E-state index in [9.17, 15) is 0 Å². The number of aryl methyl sites for hydroxylation is 1. The first-order chi connectivity index (χ1) is 8.56. The Kier molecular flexibility index (Phi) is 4.25.